The van der Waals surface area contributed by atoms with Gasteiger partial charge in [-0.2, -0.15) is 4.57 Å². The van der Waals surface area contributed by atoms with Crippen LogP contribution in [0.1, 0.15) is 27.3 Å². The molecule has 4 nitrogen and oxygen atoms in total. The summed E-state index contributed by atoms with van der Waals surface area (Å²) in [6, 6.07) is 9.07. The van der Waals surface area contributed by atoms with Crippen molar-refractivity contribution in [2.75, 3.05) is 7.11 Å². The maximum atomic E-state index is 11.5. The quantitative estimate of drug-likeness (QED) is 0.674. The zero-order valence-electron chi connectivity index (χ0n) is 12.1. The number of phenols is 1. The molecule has 0 fully saturated rings. The van der Waals surface area contributed by atoms with Crippen LogP contribution in [0.15, 0.2) is 30.3 Å². The maximum absolute atomic E-state index is 11.5. The van der Waals surface area contributed by atoms with Crippen molar-refractivity contribution in [3.63, 3.8) is 0 Å². The van der Waals surface area contributed by atoms with Crippen LogP contribution < -0.4 is 4.57 Å². The molecule has 1 aromatic heterocycles. The first kappa shape index (κ1) is 14.1. The van der Waals surface area contributed by atoms with E-state index in [-0.39, 0.29) is 11.3 Å². The lowest BCUT2D eigenvalue weighted by molar-refractivity contribution is -0.609. The molecule has 4 heteroatoms. The fourth-order valence-electron chi connectivity index (χ4n) is 2.46. The second kappa shape index (κ2) is 5.33. The van der Waals surface area contributed by atoms with E-state index < -0.39 is 5.97 Å². The minimum absolute atomic E-state index is 0.0822. The van der Waals surface area contributed by atoms with Gasteiger partial charge in [0.15, 0.2) is 11.4 Å². The van der Waals surface area contributed by atoms with E-state index in [4.69, 9.17) is 0 Å². The van der Waals surface area contributed by atoms with E-state index in [1.807, 2.05) is 25.3 Å². The van der Waals surface area contributed by atoms with Gasteiger partial charge < -0.3 is 9.84 Å². The van der Waals surface area contributed by atoms with Crippen LogP contribution in [0.25, 0.3) is 5.69 Å². The van der Waals surface area contributed by atoms with Crippen LogP contribution >= 0.6 is 0 Å². The number of ether oxygens (including phenoxy) is 1. The molecule has 0 aliphatic heterocycles. The number of rotatable bonds is 2. The largest absolute Gasteiger partial charge is 0.507 e. The molecule has 2 rings (SSSR count). The molecule has 0 atom stereocenters. The molecule has 0 bridgehead atoms. The molecule has 104 valence electrons. The van der Waals surface area contributed by atoms with Crippen LogP contribution in [0.3, 0.4) is 0 Å². The maximum Gasteiger partial charge on any atom is 0.341 e. The van der Waals surface area contributed by atoms with Crippen molar-refractivity contribution in [1.29, 1.82) is 0 Å². The highest BCUT2D eigenvalue weighted by atomic mass is 16.5. The lowest BCUT2D eigenvalue weighted by Gasteiger charge is -2.07. The number of aromatic nitrogens is 1. The Morgan fingerprint density at radius 3 is 2.20 bits per heavy atom. The smallest absolute Gasteiger partial charge is 0.341 e. The number of benzene rings is 1. The molecule has 0 unspecified atom stereocenters. The number of esters is 1. The van der Waals surface area contributed by atoms with Crippen LogP contribution in [0.5, 0.6) is 5.75 Å². The number of carbonyl (C=O) groups excluding carboxylic acids is 1. The van der Waals surface area contributed by atoms with Crippen LogP contribution in [0.4, 0.5) is 0 Å². The van der Waals surface area contributed by atoms with Gasteiger partial charge in [-0.3, -0.25) is 0 Å². The van der Waals surface area contributed by atoms with Gasteiger partial charge in [0.05, 0.1) is 13.2 Å². The summed E-state index contributed by atoms with van der Waals surface area (Å²) in [5, 5.41) is 9.98. The van der Waals surface area contributed by atoms with Gasteiger partial charge in [-0.1, -0.05) is 0 Å². The third kappa shape index (κ3) is 2.50. The molecule has 1 N–H and O–H groups in total. The number of aromatic hydroxyl groups is 1. The second-order valence-electron chi connectivity index (χ2n) is 4.84. The summed E-state index contributed by atoms with van der Waals surface area (Å²) in [6.45, 7) is 6.05. The first-order valence-electron chi connectivity index (χ1n) is 6.35. The molecule has 2 aromatic rings. The van der Waals surface area contributed by atoms with E-state index in [1.54, 1.807) is 18.2 Å². The van der Waals surface area contributed by atoms with E-state index in [2.05, 4.69) is 16.9 Å². The van der Waals surface area contributed by atoms with Gasteiger partial charge in [0, 0.05) is 32.0 Å². The van der Waals surface area contributed by atoms with Crippen molar-refractivity contribution in [3.05, 3.63) is 52.8 Å². The number of hydrogen-bond acceptors (Lipinski definition) is 3. The molecule has 0 aliphatic rings. The highest BCUT2D eigenvalue weighted by Crippen LogP contribution is 2.20. The van der Waals surface area contributed by atoms with Crippen LogP contribution in [-0.4, -0.2) is 18.2 Å². The Labute approximate surface area is 118 Å². The molecule has 0 spiro atoms. The van der Waals surface area contributed by atoms with Gasteiger partial charge in [0.2, 0.25) is 5.69 Å². The molecule has 0 aliphatic carbocycles. The second-order valence-corrected chi connectivity index (χ2v) is 4.84. The Bertz CT molecular complexity index is 654. The number of phenolic OH excluding ortho intramolecular Hbond substituents is 1. The molecule has 0 saturated heterocycles. The topological polar surface area (TPSA) is 50.4 Å². The summed E-state index contributed by atoms with van der Waals surface area (Å²) in [7, 11) is 1.29. The summed E-state index contributed by atoms with van der Waals surface area (Å²) >= 11 is 0. The molecule has 0 saturated carbocycles. The van der Waals surface area contributed by atoms with Crippen molar-refractivity contribution in [3.8, 4) is 11.4 Å². The van der Waals surface area contributed by atoms with Gasteiger partial charge in [-0.15, -0.1) is 0 Å². The fraction of sp³-hybridized carbons (Fsp3) is 0.250. The van der Waals surface area contributed by atoms with Crippen LogP contribution in [0, 0.1) is 20.8 Å². The van der Waals surface area contributed by atoms with E-state index in [9.17, 15) is 9.90 Å². The fourth-order valence-corrected chi connectivity index (χ4v) is 2.46. The van der Waals surface area contributed by atoms with Crippen molar-refractivity contribution in [1.82, 2.24) is 0 Å². The van der Waals surface area contributed by atoms with Crippen molar-refractivity contribution >= 4 is 5.97 Å². The monoisotopic (exact) mass is 272 g/mol. The van der Waals surface area contributed by atoms with Gasteiger partial charge >= 0.3 is 5.97 Å². The number of methoxy groups -OCH3 is 1. The summed E-state index contributed by atoms with van der Waals surface area (Å²) < 4.78 is 6.64. The minimum atomic E-state index is -0.545. The predicted octanol–water partition coefficient (Wildman–Crippen LogP) is 2.38. The van der Waals surface area contributed by atoms with E-state index in [0.29, 0.717) is 0 Å². The van der Waals surface area contributed by atoms with Gasteiger partial charge in [0.1, 0.15) is 11.3 Å². The lowest BCUT2D eigenvalue weighted by Crippen LogP contribution is -2.37. The number of aryl methyl sites for hydroxylation is 3. The summed E-state index contributed by atoms with van der Waals surface area (Å²) in [5.41, 5.74) is 4.29. The van der Waals surface area contributed by atoms with E-state index >= 15 is 0 Å². The zero-order valence-corrected chi connectivity index (χ0v) is 12.1. The summed E-state index contributed by atoms with van der Waals surface area (Å²) in [4.78, 5) is 11.5. The number of hydrogen-bond donors (Lipinski definition) is 1. The average molecular weight is 272 g/mol. The van der Waals surface area contributed by atoms with Crippen LogP contribution in [0.2, 0.25) is 0 Å². The molecule has 1 heterocycles. The van der Waals surface area contributed by atoms with E-state index in [0.717, 1.165) is 17.1 Å². The van der Waals surface area contributed by atoms with Crippen molar-refractivity contribution in [2.45, 2.75) is 20.8 Å². The molecular formula is C16H18NO3+. The molecule has 0 amide bonds. The third-order valence-corrected chi connectivity index (χ3v) is 3.22. The average Bonchev–Trinajstić information content (AvgIpc) is 2.37. The Kier molecular flexibility index (Phi) is 3.74. The predicted molar refractivity (Wildman–Crippen MR) is 75.2 cm³/mol. The zero-order chi connectivity index (χ0) is 14.9. The standard InChI is InChI=1S/C16H17NO3/c1-10-7-11(2)17(12(3)8-10)13-5-6-14(15(18)9-13)16(19)20-4/h5-9H,1-4H3/p+1. The Morgan fingerprint density at radius 1 is 1.10 bits per heavy atom. The van der Waals surface area contributed by atoms with Gasteiger partial charge in [-0.25, -0.2) is 4.79 Å². The SMILES string of the molecule is COC(=O)c1ccc(-[n+]2c(C)cc(C)cc2C)cc1O. The first-order valence-corrected chi connectivity index (χ1v) is 6.35. The van der Waals surface area contributed by atoms with Crippen LogP contribution in [-0.2, 0) is 4.74 Å². The highest BCUT2D eigenvalue weighted by Gasteiger charge is 2.19. The molecular weight excluding hydrogens is 254 g/mol. The normalized spacial score (nSPS) is 10.4. The highest BCUT2D eigenvalue weighted by molar-refractivity contribution is 5.92. The summed E-state index contributed by atoms with van der Waals surface area (Å²) in [6.07, 6.45) is 0. The van der Waals surface area contributed by atoms with Gasteiger partial charge in [0.25, 0.3) is 0 Å². The Balaban J connectivity index is 2.55. The third-order valence-electron chi connectivity index (χ3n) is 3.22. The number of carbonyl (C=O) groups is 1. The molecule has 0 radical (unpaired) electrons. The number of nitrogens with zero attached hydrogens (tertiary/aromatic N) is 1. The first-order chi connectivity index (χ1) is 9.43. The number of pyridine rings is 1. The van der Waals surface area contributed by atoms with Crippen molar-refractivity contribution < 1.29 is 19.2 Å². The summed E-state index contributed by atoms with van der Waals surface area (Å²) in [5.74, 6) is -0.627. The van der Waals surface area contributed by atoms with Gasteiger partial charge in [-0.05, 0) is 18.6 Å². The lowest BCUT2D eigenvalue weighted by atomic mass is 10.1. The minimum Gasteiger partial charge on any atom is -0.507 e. The van der Waals surface area contributed by atoms with Crippen molar-refractivity contribution in [2.24, 2.45) is 0 Å². The Morgan fingerprint density at radius 2 is 1.70 bits per heavy atom. The Hall–Kier alpha value is -2.36. The molecule has 1 aromatic carbocycles. The molecule has 20 heavy (non-hydrogen) atoms. The van der Waals surface area contributed by atoms with E-state index in [1.165, 1.54) is 12.7 Å².